The first-order chi connectivity index (χ1) is 16.3. The van der Waals surface area contributed by atoms with Crippen molar-refractivity contribution in [3.05, 3.63) is 61.0 Å². The van der Waals surface area contributed by atoms with Crippen molar-refractivity contribution < 1.29 is 14.5 Å². The number of carbonyl (C=O) groups excluding carboxylic acids is 1. The Morgan fingerprint density at radius 1 is 1.18 bits per heavy atom. The monoisotopic (exact) mass is 489 g/mol. The van der Waals surface area contributed by atoms with E-state index in [0.29, 0.717) is 30.2 Å². The summed E-state index contributed by atoms with van der Waals surface area (Å²) in [5.74, 6) is -0.102. The fourth-order valence-corrected chi connectivity index (χ4v) is 4.33. The number of nitro benzene ring substituents is 1. The van der Waals surface area contributed by atoms with Gasteiger partial charge in [-0.15, -0.1) is 11.8 Å². The molecule has 3 aromatic rings. The molecule has 0 saturated heterocycles. The number of benzene rings is 1. The van der Waals surface area contributed by atoms with Gasteiger partial charge < -0.3 is 9.30 Å². The molecule has 12 heteroatoms. The molecule has 2 aromatic heterocycles. The molecule has 11 nitrogen and oxygen atoms in total. The van der Waals surface area contributed by atoms with Crippen molar-refractivity contribution in [1.82, 2.24) is 19.1 Å². The Hall–Kier alpha value is -3.41. The zero-order valence-electron chi connectivity index (χ0n) is 19.3. The molecule has 34 heavy (non-hydrogen) atoms. The number of nitrogens with one attached hydrogen (secondary N) is 1. The third-order valence-electron chi connectivity index (χ3n) is 5.18. The Bertz CT molecular complexity index is 1290. The van der Waals surface area contributed by atoms with Crippen LogP contribution in [0.15, 0.2) is 38.8 Å². The summed E-state index contributed by atoms with van der Waals surface area (Å²) in [6.45, 7) is 6.38. The highest BCUT2D eigenvalue weighted by Crippen LogP contribution is 2.26. The molecule has 1 unspecified atom stereocenters. The third-order valence-corrected chi connectivity index (χ3v) is 6.27. The van der Waals surface area contributed by atoms with Crippen LogP contribution < -0.4 is 11.2 Å². The summed E-state index contributed by atoms with van der Waals surface area (Å²) < 4.78 is 8.62. The molecule has 1 aromatic carbocycles. The zero-order chi connectivity index (χ0) is 24.8. The summed E-state index contributed by atoms with van der Waals surface area (Å²) in [5, 5.41) is 10.2. The highest BCUT2D eigenvalue weighted by atomic mass is 32.2. The number of nitro groups is 1. The van der Waals surface area contributed by atoms with Crippen LogP contribution in [0.2, 0.25) is 0 Å². The Kier molecular flexibility index (Phi) is 8.26. The van der Waals surface area contributed by atoms with Gasteiger partial charge in [0.05, 0.1) is 4.92 Å². The molecule has 0 saturated carbocycles. The Labute approximate surface area is 199 Å². The number of esters is 1. The molecule has 1 atom stereocenters. The van der Waals surface area contributed by atoms with Gasteiger partial charge in [-0.25, -0.2) is 9.78 Å². The van der Waals surface area contributed by atoms with E-state index in [1.54, 1.807) is 23.6 Å². The van der Waals surface area contributed by atoms with Gasteiger partial charge in [0.2, 0.25) is 0 Å². The molecule has 0 fully saturated rings. The molecule has 2 heterocycles. The number of aryl methyl sites for hydroxylation is 2. The summed E-state index contributed by atoms with van der Waals surface area (Å²) in [6, 6.07) is 5.91. The van der Waals surface area contributed by atoms with Crippen molar-refractivity contribution in [3.8, 4) is 0 Å². The van der Waals surface area contributed by atoms with Crippen LogP contribution in [-0.4, -0.2) is 35.2 Å². The molecule has 0 aliphatic rings. The lowest BCUT2D eigenvalue weighted by molar-refractivity contribution is -0.384. The van der Waals surface area contributed by atoms with Crippen LogP contribution in [0.3, 0.4) is 0 Å². The van der Waals surface area contributed by atoms with Gasteiger partial charge in [0.1, 0.15) is 17.7 Å². The second kappa shape index (κ2) is 11.1. The van der Waals surface area contributed by atoms with E-state index in [9.17, 15) is 24.5 Å². The van der Waals surface area contributed by atoms with E-state index in [0.717, 1.165) is 12.8 Å². The van der Waals surface area contributed by atoms with Crippen LogP contribution in [0.25, 0.3) is 11.2 Å². The van der Waals surface area contributed by atoms with Gasteiger partial charge >= 0.3 is 11.7 Å². The summed E-state index contributed by atoms with van der Waals surface area (Å²) in [6.07, 6.45) is 2.34. The largest absolute Gasteiger partial charge is 0.457 e. The van der Waals surface area contributed by atoms with E-state index in [4.69, 9.17) is 4.74 Å². The maximum Gasteiger partial charge on any atom is 0.330 e. The number of thioether (sulfide) groups is 1. The molecule has 3 rings (SSSR count). The molecule has 1 N–H and O–H groups in total. The average Bonchev–Trinajstić information content (AvgIpc) is 3.16. The summed E-state index contributed by atoms with van der Waals surface area (Å²) >= 11 is 1.22. The second-order valence-corrected chi connectivity index (χ2v) is 9.15. The van der Waals surface area contributed by atoms with Crippen LogP contribution in [0.5, 0.6) is 0 Å². The number of H-pyrrole nitrogens is 1. The molecule has 182 valence electrons. The van der Waals surface area contributed by atoms with Crippen molar-refractivity contribution in [3.63, 3.8) is 0 Å². The lowest BCUT2D eigenvalue weighted by Crippen LogP contribution is -2.31. The van der Waals surface area contributed by atoms with Crippen molar-refractivity contribution in [2.75, 3.05) is 0 Å². The zero-order valence-corrected chi connectivity index (χ0v) is 20.1. The number of carbonyl (C=O) groups is 1. The number of non-ortho nitro benzene ring substituents is 1. The molecule has 0 aliphatic heterocycles. The van der Waals surface area contributed by atoms with E-state index >= 15 is 0 Å². The number of ether oxygens (including phenoxy) is 1. The van der Waals surface area contributed by atoms with Gasteiger partial charge in [-0.3, -0.25) is 29.3 Å². The SMILES string of the molecule is CCCCn1c(=O)[nH]c(=O)c2c1nc(COC(=O)C(C)Sc1ccc([N+](=O)[O-])cc1)n2CCC. The Balaban J connectivity index is 1.80. The summed E-state index contributed by atoms with van der Waals surface area (Å²) in [7, 11) is 0. The first-order valence-electron chi connectivity index (χ1n) is 11.1. The topological polar surface area (TPSA) is 142 Å². The number of imidazole rings is 1. The molecule has 0 radical (unpaired) electrons. The predicted molar refractivity (Wildman–Crippen MR) is 128 cm³/mol. The quantitative estimate of drug-likeness (QED) is 0.187. The second-order valence-electron chi connectivity index (χ2n) is 7.74. The van der Waals surface area contributed by atoms with Crippen molar-refractivity contribution >= 4 is 34.6 Å². The third kappa shape index (κ3) is 5.56. The lowest BCUT2D eigenvalue weighted by atomic mass is 10.3. The van der Waals surface area contributed by atoms with Crippen LogP contribution in [0.1, 0.15) is 45.9 Å². The van der Waals surface area contributed by atoms with Crippen molar-refractivity contribution in [2.24, 2.45) is 0 Å². The smallest absolute Gasteiger partial charge is 0.330 e. The molecule has 0 spiro atoms. The number of nitrogens with zero attached hydrogens (tertiary/aromatic N) is 4. The van der Waals surface area contributed by atoms with Crippen LogP contribution >= 0.6 is 11.8 Å². The van der Waals surface area contributed by atoms with Crippen LogP contribution in [0.4, 0.5) is 5.69 Å². The number of unbranched alkanes of at least 4 members (excludes halogenated alkanes) is 1. The summed E-state index contributed by atoms with van der Waals surface area (Å²) in [4.78, 5) is 55.4. The minimum absolute atomic E-state index is 0.0261. The Morgan fingerprint density at radius 3 is 2.50 bits per heavy atom. The normalized spacial score (nSPS) is 12.1. The van der Waals surface area contributed by atoms with Gasteiger partial charge in [-0.05, 0) is 31.9 Å². The minimum atomic E-state index is -0.573. The standard InChI is InChI=1S/C22H27N5O6S/c1-4-6-12-26-19-18(20(28)24-22(26)30)25(11-5-2)17(23-19)13-33-21(29)14(3)34-16-9-7-15(8-10-16)27(31)32/h7-10,14H,4-6,11-13H2,1-3H3,(H,24,28,30). The molecular formula is C22H27N5O6S. The molecule has 0 bridgehead atoms. The fraction of sp³-hybridized carbons (Fsp3) is 0.455. The minimum Gasteiger partial charge on any atom is -0.457 e. The van der Waals surface area contributed by atoms with Gasteiger partial charge in [0, 0.05) is 30.1 Å². The number of aromatic amines is 1. The maximum absolute atomic E-state index is 12.6. The van der Waals surface area contributed by atoms with Crippen molar-refractivity contribution in [2.45, 2.75) is 69.9 Å². The van der Waals surface area contributed by atoms with Crippen molar-refractivity contribution in [1.29, 1.82) is 0 Å². The van der Waals surface area contributed by atoms with Gasteiger partial charge in [-0.1, -0.05) is 20.3 Å². The van der Waals surface area contributed by atoms with E-state index < -0.39 is 27.4 Å². The number of hydrogen-bond acceptors (Lipinski definition) is 8. The summed E-state index contributed by atoms with van der Waals surface area (Å²) in [5.41, 5.74) is -0.481. The number of aromatic nitrogens is 4. The van der Waals surface area contributed by atoms with E-state index in [2.05, 4.69) is 9.97 Å². The first-order valence-corrected chi connectivity index (χ1v) is 11.9. The van der Waals surface area contributed by atoms with Crippen LogP contribution in [-0.2, 0) is 29.2 Å². The molecular weight excluding hydrogens is 462 g/mol. The lowest BCUT2D eigenvalue weighted by Gasteiger charge is -2.12. The van der Waals surface area contributed by atoms with Crippen LogP contribution in [0, 0.1) is 10.1 Å². The number of hydrogen-bond donors (Lipinski definition) is 1. The fourth-order valence-electron chi connectivity index (χ4n) is 3.47. The van der Waals surface area contributed by atoms with Gasteiger partial charge in [0.25, 0.3) is 11.2 Å². The van der Waals surface area contributed by atoms with E-state index in [1.165, 1.54) is 28.5 Å². The van der Waals surface area contributed by atoms with Gasteiger partial charge in [0.15, 0.2) is 11.2 Å². The predicted octanol–water partition coefficient (Wildman–Crippen LogP) is 3.23. The average molecular weight is 490 g/mol. The highest BCUT2D eigenvalue weighted by Gasteiger charge is 2.21. The van der Waals surface area contributed by atoms with E-state index in [-0.39, 0.29) is 23.5 Å². The highest BCUT2D eigenvalue weighted by molar-refractivity contribution is 8.00. The molecule has 0 amide bonds. The van der Waals surface area contributed by atoms with E-state index in [1.807, 2.05) is 13.8 Å². The maximum atomic E-state index is 12.6. The molecule has 0 aliphatic carbocycles. The number of rotatable bonds is 11. The Morgan fingerprint density at radius 2 is 1.88 bits per heavy atom. The van der Waals surface area contributed by atoms with Gasteiger partial charge in [-0.2, -0.15) is 0 Å². The first kappa shape index (κ1) is 25.2. The number of fused-ring (bicyclic) bond motifs is 1.